The van der Waals surface area contributed by atoms with Gasteiger partial charge in [-0.05, 0) is 49.7 Å². The Morgan fingerprint density at radius 1 is 1.47 bits per heavy atom. The molecule has 0 radical (unpaired) electrons. The van der Waals surface area contributed by atoms with Crippen molar-refractivity contribution in [2.24, 2.45) is 17.6 Å². The van der Waals surface area contributed by atoms with Crippen LogP contribution in [0.2, 0.25) is 0 Å². The Labute approximate surface area is 104 Å². The molecule has 0 aliphatic carbocycles. The Bertz CT molecular complexity index is 183. The van der Waals surface area contributed by atoms with E-state index in [0.29, 0.717) is 6.04 Å². The highest BCUT2D eigenvalue weighted by Gasteiger charge is 2.27. The second-order valence-electron chi connectivity index (χ2n) is 4.90. The van der Waals surface area contributed by atoms with Crippen LogP contribution in [0.3, 0.4) is 0 Å². The van der Waals surface area contributed by atoms with E-state index in [9.17, 15) is 0 Å². The number of nitrogens with two attached hydrogens (primary N) is 1. The lowest BCUT2D eigenvalue weighted by atomic mass is 10.0. The van der Waals surface area contributed by atoms with Crippen LogP contribution in [0.15, 0.2) is 0 Å². The number of hydrogen-bond donors (Lipinski definition) is 1. The van der Waals surface area contributed by atoms with Gasteiger partial charge in [0.25, 0.3) is 0 Å². The van der Waals surface area contributed by atoms with Gasteiger partial charge in [0.15, 0.2) is 0 Å². The van der Waals surface area contributed by atoms with Crippen LogP contribution in [0, 0.1) is 11.8 Å². The van der Waals surface area contributed by atoms with E-state index in [4.69, 9.17) is 5.73 Å². The zero-order valence-corrected chi connectivity index (χ0v) is 11.2. The van der Waals surface area contributed by atoms with Crippen molar-refractivity contribution in [2.75, 3.05) is 31.1 Å². The van der Waals surface area contributed by atoms with Gasteiger partial charge >= 0.3 is 0 Å². The van der Waals surface area contributed by atoms with Crippen LogP contribution in [0.4, 0.5) is 0 Å². The average Bonchev–Trinajstić information content (AvgIpc) is 2.75. The second-order valence-corrected chi connectivity index (χ2v) is 6.05. The predicted octanol–water partition coefficient (Wildman–Crippen LogP) is 1.83. The molecule has 2 nitrogen and oxygen atoms in total. The number of halogens is 1. The zero-order chi connectivity index (χ0) is 9.97. The Kier molecular flexibility index (Phi) is 5.75. The van der Waals surface area contributed by atoms with Gasteiger partial charge in [0.2, 0.25) is 0 Å². The van der Waals surface area contributed by atoms with Gasteiger partial charge in [0.05, 0.1) is 0 Å². The zero-order valence-electron chi connectivity index (χ0n) is 9.52. The molecule has 2 aliphatic heterocycles. The van der Waals surface area contributed by atoms with Crippen LogP contribution in [-0.4, -0.2) is 42.1 Å². The van der Waals surface area contributed by atoms with Gasteiger partial charge in [-0.1, -0.05) is 0 Å². The fourth-order valence-corrected chi connectivity index (χ4v) is 3.82. The quantitative estimate of drug-likeness (QED) is 0.829. The van der Waals surface area contributed by atoms with Crippen LogP contribution in [0.1, 0.15) is 19.8 Å². The molecule has 0 bridgehead atoms. The topological polar surface area (TPSA) is 29.3 Å². The summed E-state index contributed by atoms with van der Waals surface area (Å²) in [5, 5.41) is 0. The van der Waals surface area contributed by atoms with Crippen LogP contribution in [0.5, 0.6) is 0 Å². The van der Waals surface area contributed by atoms with Crippen molar-refractivity contribution in [3.05, 3.63) is 0 Å². The molecule has 2 saturated heterocycles. The summed E-state index contributed by atoms with van der Waals surface area (Å²) in [6, 6.07) is 0.387. The number of nitrogens with zero attached hydrogens (tertiary/aromatic N) is 1. The minimum Gasteiger partial charge on any atom is -0.328 e. The molecule has 2 rings (SSSR count). The van der Waals surface area contributed by atoms with Crippen molar-refractivity contribution in [1.82, 2.24) is 4.90 Å². The normalized spacial score (nSPS) is 34.0. The molecule has 0 aromatic carbocycles. The van der Waals surface area contributed by atoms with E-state index in [1.54, 1.807) is 0 Å². The third-order valence-corrected chi connectivity index (χ3v) is 4.82. The van der Waals surface area contributed by atoms with E-state index in [0.717, 1.165) is 11.8 Å². The molecule has 3 atom stereocenters. The Hall–Kier alpha value is 0.560. The highest BCUT2D eigenvalue weighted by Crippen LogP contribution is 2.26. The molecular weight excluding hydrogens is 228 g/mol. The van der Waals surface area contributed by atoms with Gasteiger partial charge in [0, 0.05) is 19.1 Å². The molecular formula is C11H23ClN2S. The largest absolute Gasteiger partial charge is 0.328 e. The van der Waals surface area contributed by atoms with Crippen LogP contribution >= 0.6 is 24.2 Å². The highest BCUT2D eigenvalue weighted by molar-refractivity contribution is 7.99. The minimum absolute atomic E-state index is 0. The SMILES string of the molecule is CC(N)C1CCN(CC2CCSC2)C1.Cl. The van der Waals surface area contributed by atoms with Crippen LogP contribution < -0.4 is 5.73 Å². The first-order valence-corrected chi connectivity index (χ1v) is 6.97. The summed E-state index contributed by atoms with van der Waals surface area (Å²) in [6.45, 7) is 6.02. The molecule has 0 spiro atoms. The first-order valence-electron chi connectivity index (χ1n) is 5.81. The Morgan fingerprint density at radius 3 is 2.80 bits per heavy atom. The summed E-state index contributed by atoms with van der Waals surface area (Å²) in [7, 11) is 0. The molecule has 2 fully saturated rings. The number of likely N-dealkylation sites (tertiary alicyclic amines) is 1. The summed E-state index contributed by atoms with van der Waals surface area (Å²) in [4.78, 5) is 2.63. The lowest BCUT2D eigenvalue weighted by Crippen LogP contribution is -2.32. The summed E-state index contributed by atoms with van der Waals surface area (Å²) >= 11 is 2.12. The van der Waals surface area contributed by atoms with Crippen molar-refractivity contribution in [3.8, 4) is 0 Å². The van der Waals surface area contributed by atoms with Crippen molar-refractivity contribution in [3.63, 3.8) is 0 Å². The summed E-state index contributed by atoms with van der Waals surface area (Å²) in [5.74, 6) is 4.49. The van der Waals surface area contributed by atoms with Crippen LogP contribution in [0.25, 0.3) is 0 Å². The predicted molar refractivity (Wildman–Crippen MR) is 70.9 cm³/mol. The maximum absolute atomic E-state index is 5.94. The van der Waals surface area contributed by atoms with Crippen molar-refractivity contribution < 1.29 is 0 Å². The van der Waals surface area contributed by atoms with Gasteiger partial charge in [-0.2, -0.15) is 11.8 Å². The third-order valence-electron chi connectivity index (χ3n) is 3.59. The molecule has 90 valence electrons. The van der Waals surface area contributed by atoms with Gasteiger partial charge in [-0.25, -0.2) is 0 Å². The molecule has 0 saturated carbocycles. The van der Waals surface area contributed by atoms with Gasteiger partial charge < -0.3 is 10.6 Å². The fourth-order valence-electron chi connectivity index (χ4n) is 2.55. The molecule has 2 heterocycles. The smallest absolute Gasteiger partial charge is 0.00514 e. The van der Waals surface area contributed by atoms with Gasteiger partial charge in [0.1, 0.15) is 0 Å². The summed E-state index contributed by atoms with van der Waals surface area (Å²) < 4.78 is 0. The molecule has 4 heteroatoms. The fraction of sp³-hybridized carbons (Fsp3) is 1.00. The number of rotatable bonds is 3. The van der Waals surface area contributed by atoms with Crippen LogP contribution in [-0.2, 0) is 0 Å². The maximum atomic E-state index is 5.94. The van der Waals surface area contributed by atoms with Crippen molar-refractivity contribution in [2.45, 2.75) is 25.8 Å². The van der Waals surface area contributed by atoms with E-state index >= 15 is 0 Å². The molecule has 0 aromatic heterocycles. The summed E-state index contributed by atoms with van der Waals surface area (Å²) in [6.07, 6.45) is 2.75. The lowest BCUT2D eigenvalue weighted by molar-refractivity contribution is 0.275. The third kappa shape index (κ3) is 3.81. The van der Waals surface area contributed by atoms with Crippen molar-refractivity contribution in [1.29, 1.82) is 0 Å². The minimum atomic E-state index is 0. The first kappa shape index (κ1) is 13.6. The Balaban J connectivity index is 0.00000112. The first-order chi connectivity index (χ1) is 6.75. The van der Waals surface area contributed by atoms with E-state index < -0.39 is 0 Å². The van der Waals surface area contributed by atoms with Gasteiger partial charge in [-0.3, -0.25) is 0 Å². The summed E-state index contributed by atoms with van der Waals surface area (Å²) in [5.41, 5.74) is 5.94. The highest BCUT2D eigenvalue weighted by atomic mass is 35.5. The molecule has 2 N–H and O–H groups in total. The van der Waals surface area contributed by atoms with E-state index in [2.05, 4.69) is 23.6 Å². The Morgan fingerprint density at radius 2 is 2.27 bits per heavy atom. The standard InChI is InChI=1S/C11H22N2S.ClH/c1-9(12)11-2-4-13(7-11)6-10-3-5-14-8-10;/h9-11H,2-8,12H2,1H3;1H. The second kappa shape index (κ2) is 6.33. The average molecular weight is 251 g/mol. The molecule has 0 aromatic rings. The van der Waals surface area contributed by atoms with E-state index in [1.165, 1.54) is 44.0 Å². The molecule has 2 aliphatic rings. The maximum Gasteiger partial charge on any atom is 0.00514 e. The molecule has 15 heavy (non-hydrogen) atoms. The van der Waals surface area contributed by atoms with Crippen molar-refractivity contribution >= 4 is 24.2 Å². The molecule has 0 amide bonds. The lowest BCUT2D eigenvalue weighted by Gasteiger charge is -2.20. The monoisotopic (exact) mass is 250 g/mol. The van der Waals surface area contributed by atoms with Gasteiger partial charge in [-0.15, -0.1) is 12.4 Å². The molecule has 3 unspecified atom stereocenters. The number of thioether (sulfide) groups is 1. The van der Waals surface area contributed by atoms with E-state index in [-0.39, 0.29) is 12.4 Å². The number of hydrogen-bond acceptors (Lipinski definition) is 3. The van der Waals surface area contributed by atoms with E-state index in [1.807, 2.05) is 0 Å².